The van der Waals surface area contributed by atoms with E-state index in [0.717, 1.165) is 17.5 Å². The third-order valence-electron chi connectivity index (χ3n) is 3.80. The van der Waals surface area contributed by atoms with Gasteiger partial charge in [-0.2, -0.15) is 0 Å². The van der Waals surface area contributed by atoms with Gasteiger partial charge in [-0.15, -0.1) is 0 Å². The van der Waals surface area contributed by atoms with Crippen LogP contribution in [0.1, 0.15) is 44.9 Å². The van der Waals surface area contributed by atoms with Gasteiger partial charge in [-0.25, -0.2) is 18.6 Å². The van der Waals surface area contributed by atoms with Crippen LogP contribution in [0.15, 0.2) is 30.6 Å². The summed E-state index contributed by atoms with van der Waals surface area (Å²) in [6, 6.07) is 5.09. The van der Waals surface area contributed by atoms with Crippen molar-refractivity contribution in [3.05, 3.63) is 41.9 Å². The maximum absolute atomic E-state index is 13.5. The molecule has 29 heavy (non-hydrogen) atoms. The van der Waals surface area contributed by atoms with Gasteiger partial charge < -0.3 is 21.3 Å². The average molecular weight is 410 g/mol. The molecule has 2 heterocycles. The van der Waals surface area contributed by atoms with E-state index < -0.39 is 18.1 Å². The number of carbonyl (C=O) groups is 1. The summed E-state index contributed by atoms with van der Waals surface area (Å²) in [5.41, 5.74) is 11.3. The van der Waals surface area contributed by atoms with Crippen molar-refractivity contribution >= 4 is 6.09 Å². The summed E-state index contributed by atoms with van der Waals surface area (Å²) in [4.78, 5) is 16.9. The second-order valence-electron chi connectivity index (χ2n) is 7.45. The molecule has 0 aromatic carbocycles. The molecule has 2 rings (SSSR count). The van der Waals surface area contributed by atoms with Gasteiger partial charge in [0.25, 0.3) is 6.43 Å². The molecule has 7 nitrogen and oxygen atoms in total. The molecular formula is C20H28F2N4O3. The first kappa shape index (κ1) is 24.2. The smallest absolute Gasteiger partial charge is 0.402 e. The Labute approximate surface area is 169 Å². The quantitative estimate of drug-likeness (QED) is 0.630. The van der Waals surface area contributed by atoms with Gasteiger partial charge >= 0.3 is 6.09 Å². The molecule has 0 saturated carbocycles. The summed E-state index contributed by atoms with van der Waals surface area (Å²) in [5.74, 6) is 0.479. The molecule has 2 aromatic rings. The molecule has 5 N–H and O–H groups in total. The summed E-state index contributed by atoms with van der Waals surface area (Å²) < 4.78 is 32.7. The van der Waals surface area contributed by atoms with Crippen LogP contribution in [-0.4, -0.2) is 33.3 Å². The molecule has 0 bridgehead atoms. The van der Waals surface area contributed by atoms with E-state index in [4.69, 9.17) is 20.4 Å². The number of hydrogen-bond acceptors (Lipinski definition) is 5. The van der Waals surface area contributed by atoms with Crippen LogP contribution in [0.5, 0.6) is 5.75 Å². The van der Waals surface area contributed by atoms with E-state index in [0.29, 0.717) is 11.6 Å². The number of halogens is 2. The molecule has 0 aliphatic rings. The Bertz CT molecular complexity index is 796. The zero-order valence-corrected chi connectivity index (χ0v) is 17.0. The lowest BCUT2D eigenvalue weighted by molar-refractivity contribution is 0.134. The van der Waals surface area contributed by atoms with Gasteiger partial charge in [0.15, 0.2) is 0 Å². The molecule has 2 aromatic heterocycles. The number of rotatable bonds is 7. The molecule has 0 aliphatic heterocycles. The normalized spacial score (nSPS) is 12.9. The lowest BCUT2D eigenvalue weighted by atomic mass is 9.93. The van der Waals surface area contributed by atoms with E-state index in [-0.39, 0.29) is 18.1 Å². The maximum atomic E-state index is 13.5. The van der Waals surface area contributed by atoms with Gasteiger partial charge in [-0.1, -0.05) is 13.8 Å². The molecule has 0 fully saturated rings. The van der Waals surface area contributed by atoms with E-state index in [9.17, 15) is 8.78 Å². The minimum Gasteiger partial charge on any atom is -0.490 e. The van der Waals surface area contributed by atoms with E-state index >= 15 is 0 Å². The highest BCUT2D eigenvalue weighted by Gasteiger charge is 2.24. The predicted octanol–water partition coefficient (Wildman–Crippen LogP) is 4.16. The number of ether oxygens (including phenoxy) is 1. The first-order chi connectivity index (χ1) is 13.4. The number of amides is 1. The standard InChI is InChI=1S/C19H25F2N3O.CH3NO2/c1-12(2)10-19(4,22)11-25-15-9-13(3)16(24-17(15)18(20)21)14-5-7-23-8-6-14;2-1(3)4/h5-9,12,18H,10-11,22H2,1-4H3;2H2,(H,3,4)/t19-;/m0./s1. The topological polar surface area (TPSA) is 124 Å². The minimum absolute atomic E-state index is 0.0886. The van der Waals surface area contributed by atoms with Gasteiger partial charge in [-0.05, 0) is 49.9 Å². The van der Waals surface area contributed by atoms with Crippen molar-refractivity contribution < 1.29 is 23.4 Å². The largest absolute Gasteiger partial charge is 0.490 e. The highest BCUT2D eigenvalue weighted by molar-refractivity contribution is 5.64. The number of hydrogen-bond donors (Lipinski definition) is 3. The van der Waals surface area contributed by atoms with Crippen LogP contribution in [0.4, 0.5) is 13.6 Å². The van der Waals surface area contributed by atoms with Crippen LogP contribution in [0.25, 0.3) is 11.3 Å². The number of pyridine rings is 2. The lowest BCUT2D eigenvalue weighted by Crippen LogP contribution is -2.43. The zero-order chi connectivity index (χ0) is 22.2. The minimum atomic E-state index is -2.73. The number of primary amides is 1. The Balaban J connectivity index is 0.000000960. The number of carboxylic acid groups (broad SMARTS) is 1. The SMILES string of the molecule is Cc1cc(OC[C@@](C)(N)CC(C)C)c(C(F)F)nc1-c1ccncc1.NC(=O)O. The van der Waals surface area contributed by atoms with E-state index in [1.165, 1.54) is 0 Å². The molecule has 1 amide bonds. The second-order valence-corrected chi connectivity index (χ2v) is 7.45. The van der Waals surface area contributed by atoms with Gasteiger partial charge in [0.2, 0.25) is 0 Å². The van der Waals surface area contributed by atoms with E-state index in [1.54, 1.807) is 30.6 Å². The molecule has 9 heteroatoms. The Kier molecular flexibility index (Phi) is 8.90. The van der Waals surface area contributed by atoms with Crippen molar-refractivity contribution in [1.29, 1.82) is 0 Å². The summed E-state index contributed by atoms with van der Waals surface area (Å²) in [5, 5.41) is 7.19. The Morgan fingerprint density at radius 1 is 1.31 bits per heavy atom. The molecule has 0 radical (unpaired) electrons. The van der Waals surface area contributed by atoms with Crippen molar-refractivity contribution in [3.63, 3.8) is 0 Å². The fourth-order valence-corrected chi connectivity index (χ4v) is 2.91. The predicted molar refractivity (Wildman–Crippen MR) is 107 cm³/mol. The van der Waals surface area contributed by atoms with Crippen LogP contribution >= 0.6 is 0 Å². The fourth-order valence-electron chi connectivity index (χ4n) is 2.91. The van der Waals surface area contributed by atoms with Crippen molar-refractivity contribution in [3.8, 4) is 17.0 Å². The average Bonchev–Trinajstić information content (AvgIpc) is 2.59. The molecule has 0 spiro atoms. The highest BCUT2D eigenvalue weighted by atomic mass is 19.3. The lowest BCUT2D eigenvalue weighted by Gasteiger charge is -2.27. The van der Waals surface area contributed by atoms with Crippen LogP contribution < -0.4 is 16.2 Å². The number of alkyl halides is 2. The van der Waals surface area contributed by atoms with Crippen LogP contribution in [-0.2, 0) is 0 Å². The zero-order valence-electron chi connectivity index (χ0n) is 17.0. The first-order valence-electron chi connectivity index (χ1n) is 9.03. The molecule has 0 unspecified atom stereocenters. The second kappa shape index (κ2) is 10.7. The molecule has 1 atom stereocenters. The van der Waals surface area contributed by atoms with Gasteiger partial charge in [0, 0.05) is 23.5 Å². The summed E-state index contributed by atoms with van der Waals surface area (Å²) >= 11 is 0. The van der Waals surface area contributed by atoms with Crippen molar-refractivity contribution in [2.24, 2.45) is 17.4 Å². The van der Waals surface area contributed by atoms with Crippen LogP contribution in [0.3, 0.4) is 0 Å². The number of aromatic nitrogens is 2. The van der Waals surface area contributed by atoms with Gasteiger partial charge in [0.05, 0.1) is 5.69 Å². The molecule has 160 valence electrons. The van der Waals surface area contributed by atoms with Crippen molar-refractivity contribution in [2.45, 2.75) is 46.1 Å². The van der Waals surface area contributed by atoms with Crippen molar-refractivity contribution in [2.75, 3.05) is 6.61 Å². The van der Waals surface area contributed by atoms with Crippen molar-refractivity contribution in [1.82, 2.24) is 9.97 Å². The summed E-state index contributed by atoms with van der Waals surface area (Å²) in [7, 11) is 0. The number of aryl methyl sites for hydroxylation is 1. The highest BCUT2D eigenvalue weighted by Crippen LogP contribution is 2.33. The monoisotopic (exact) mass is 410 g/mol. The van der Waals surface area contributed by atoms with Crippen LogP contribution in [0, 0.1) is 12.8 Å². The number of nitrogens with two attached hydrogens (primary N) is 2. The number of nitrogens with zero attached hydrogens (tertiary/aromatic N) is 2. The summed E-state index contributed by atoms with van der Waals surface area (Å²) in [6.07, 6.45) is -0.118. The molecule has 0 aliphatic carbocycles. The Hall–Kier alpha value is -2.81. The van der Waals surface area contributed by atoms with E-state index in [1.807, 2.05) is 13.8 Å². The first-order valence-corrected chi connectivity index (χ1v) is 9.03. The third-order valence-corrected chi connectivity index (χ3v) is 3.80. The molecular weight excluding hydrogens is 382 g/mol. The van der Waals surface area contributed by atoms with Crippen LogP contribution in [0.2, 0.25) is 0 Å². The maximum Gasteiger partial charge on any atom is 0.402 e. The Morgan fingerprint density at radius 3 is 2.34 bits per heavy atom. The molecule has 0 saturated heterocycles. The van der Waals surface area contributed by atoms with E-state index in [2.05, 4.69) is 29.5 Å². The van der Waals surface area contributed by atoms with Gasteiger partial charge in [-0.3, -0.25) is 4.98 Å². The Morgan fingerprint density at radius 2 is 1.86 bits per heavy atom. The fraction of sp³-hybridized carbons (Fsp3) is 0.450. The van der Waals surface area contributed by atoms with Gasteiger partial charge in [0.1, 0.15) is 18.1 Å². The third kappa shape index (κ3) is 8.39. The summed E-state index contributed by atoms with van der Waals surface area (Å²) in [6.45, 7) is 7.96.